The van der Waals surface area contributed by atoms with Gasteiger partial charge >= 0.3 is 0 Å². The number of allylic oxidation sites excluding steroid dienone is 1. The third-order valence-corrected chi connectivity index (χ3v) is 3.68. The summed E-state index contributed by atoms with van der Waals surface area (Å²) >= 11 is 0. The lowest BCUT2D eigenvalue weighted by Gasteiger charge is -2.35. The Hall–Kier alpha value is -1.20. The van der Waals surface area contributed by atoms with E-state index >= 15 is 0 Å². The van der Waals surface area contributed by atoms with Crippen LogP contribution in [0.2, 0.25) is 0 Å². The average molecular weight is 264 g/mol. The SMILES string of the molecule is C=CCCC(O)CN1CCCCC1c1n[nH]c(C)n1. The number of hydrogen-bond acceptors (Lipinski definition) is 4. The molecule has 0 bridgehead atoms. The maximum Gasteiger partial charge on any atom is 0.167 e. The summed E-state index contributed by atoms with van der Waals surface area (Å²) in [4.78, 5) is 6.77. The van der Waals surface area contributed by atoms with Gasteiger partial charge < -0.3 is 5.11 Å². The first-order valence-electron chi connectivity index (χ1n) is 7.12. The van der Waals surface area contributed by atoms with Crippen LogP contribution in [0.5, 0.6) is 0 Å². The van der Waals surface area contributed by atoms with E-state index < -0.39 is 0 Å². The van der Waals surface area contributed by atoms with Crippen LogP contribution < -0.4 is 0 Å². The van der Waals surface area contributed by atoms with Crippen LogP contribution >= 0.6 is 0 Å². The maximum atomic E-state index is 10.1. The van der Waals surface area contributed by atoms with Crippen molar-refractivity contribution in [1.29, 1.82) is 0 Å². The van der Waals surface area contributed by atoms with Gasteiger partial charge in [-0.3, -0.25) is 10.00 Å². The lowest BCUT2D eigenvalue weighted by atomic mass is 10.0. The Labute approximate surface area is 114 Å². The molecule has 5 heteroatoms. The Morgan fingerprint density at radius 2 is 2.42 bits per heavy atom. The smallest absolute Gasteiger partial charge is 0.167 e. The van der Waals surface area contributed by atoms with Gasteiger partial charge in [-0.2, -0.15) is 5.10 Å². The fourth-order valence-corrected chi connectivity index (χ4v) is 2.68. The van der Waals surface area contributed by atoms with Crippen molar-refractivity contribution in [3.63, 3.8) is 0 Å². The van der Waals surface area contributed by atoms with Crippen molar-refractivity contribution in [2.45, 2.75) is 51.2 Å². The van der Waals surface area contributed by atoms with E-state index in [0.29, 0.717) is 6.54 Å². The Balaban J connectivity index is 1.97. The zero-order valence-corrected chi connectivity index (χ0v) is 11.7. The molecule has 0 saturated carbocycles. The molecule has 2 heterocycles. The number of hydrogen-bond donors (Lipinski definition) is 2. The number of aromatic nitrogens is 3. The fourth-order valence-electron chi connectivity index (χ4n) is 2.68. The van der Waals surface area contributed by atoms with Crippen LogP contribution in [0.25, 0.3) is 0 Å². The van der Waals surface area contributed by atoms with E-state index in [-0.39, 0.29) is 12.1 Å². The minimum Gasteiger partial charge on any atom is -0.392 e. The van der Waals surface area contributed by atoms with Gasteiger partial charge in [-0.15, -0.1) is 6.58 Å². The van der Waals surface area contributed by atoms with Crippen LogP contribution in [0.4, 0.5) is 0 Å². The van der Waals surface area contributed by atoms with Gasteiger partial charge in [0.25, 0.3) is 0 Å². The molecule has 2 N–H and O–H groups in total. The first-order valence-corrected chi connectivity index (χ1v) is 7.12. The first kappa shape index (κ1) is 14.2. The second-order valence-corrected chi connectivity index (χ2v) is 5.31. The van der Waals surface area contributed by atoms with Crippen molar-refractivity contribution in [3.8, 4) is 0 Å². The summed E-state index contributed by atoms with van der Waals surface area (Å²) in [6, 6.07) is 0.247. The zero-order valence-electron chi connectivity index (χ0n) is 11.7. The highest BCUT2D eigenvalue weighted by atomic mass is 16.3. The van der Waals surface area contributed by atoms with Gasteiger partial charge in [0.1, 0.15) is 5.82 Å². The topological polar surface area (TPSA) is 65.0 Å². The van der Waals surface area contributed by atoms with E-state index in [2.05, 4.69) is 26.7 Å². The van der Waals surface area contributed by atoms with E-state index in [1.165, 1.54) is 12.8 Å². The summed E-state index contributed by atoms with van der Waals surface area (Å²) in [6.45, 7) is 7.33. The normalized spacial score (nSPS) is 22.3. The van der Waals surface area contributed by atoms with Crippen molar-refractivity contribution >= 4 is 0 Å². The van der Waals surface area contributed by atoms with Crippen molar-refractivity contribution < 1.29 is 5.11 Å². The standard InChI is InChI=1S/C14H24N4O/c1-3-4-7-12(19)10-18-9-6-5-8-13(18)14-15-11(2)16-17-14/h3,12-13,19H,1,4-10H2,2H3,(H,15,16,17). The first-order chi connectivity index (χ1) is 9.20. The Morgan fingerprint density at radius 1 is 1.58 bits per heavy atom. The summed E-state index contributed by atoms with van der Waals surface area (Å²) in [5, 5.41) is 17.3. The third kappa shape index (κ3) is 3.88. The van der Waals surface area contributed by atoms with Crippen LogP contribution in [-0.4, -0.2) is 44.4 Å². The highest BCUT2D eigenvalue weighted by molar-refractivity contribution is 4.98. The zero-order chi connectivity index (χ0) is 13.7. The van der Waals surface area contributed by atoms with Crippen LogP contribution in [0.3, 0.4) is 0 Å². The molecule has 1 saturated heterocycles. The molecular weight excluding hydrogens is 240 g/mol. The van der Waals surface area contributed by atoms with Gasteiger partial charge in [0, 0.05) is 6.54 Å². The highest BCUT2D eigenvalue weighted by Gasteiger charge is 2.28. The van der Waals surface area contributed by atoms with Gasteiger partial charge in [0.15, 0.2) is 5.82 Å². The number of H-pyrrole nitrogens is 1. The minimum atomic E-state index is -0.293. The Bertz CT molecular complexity index is 404. The maximum absolute atomic E-state index is 10.1. The van der Waals surface area contributed by atoms with E-state index in [1.807, 2.05) is 13.0 Å². The fraction of sp³-hybridized carbons (Fsp3) is 0.714. The molecule has 19 heavy (non-hydrogen) atoms. The predicted molar refractivity (Wildman–Crippen MR) is 74.7 cm³/mol. The number of rotatable bonds is 6. The van der Waals surface area contributed by atoms with E-state index in [9.17, 15) is 5.11 Å². The van der Waals surface area contributed by atoms with Crippen LogP contribution in [0, 0.1) is 6.92 Å². The molecule has 5 nitrogen and oxygen atoms in total. The van der Waals surface area contributed by atoms with Crippen LogP contribution in [0.1, 0.15) is 49.8 Å². The number of nitrogens with zero attached hydrogens (tertiary/aromatic N) is 3. The molecule has 2 unspecified atom stereocenters. The highest BCUT2D eigenvalue weighted by Crippen LogP contribution is 2.29. The second-order valence-electron chi connectivity index (χ2n) is 5.31. The summed E-state index contributed by atoms with van der Waals surface area (Å²) in [5.41, 5.74) is 0. The molecule has 0 amide bonds. The van der Waals surface area contributed by atoms with Crippen molar-refractivity contribution in [1.82, 2.24) is 20.1 Å². The summed E-state index contributed by atoms with van der Waals surface area (Å²) in [7, 11) is 0. The predicted octanol–water partition coefficient (Wildman–Crippen LogP) is 1.97. The number of aromatic amines is 1. The van der Waals surface area contributed by atoms with Gasteiger partial charge in [0.2, 0.25) is 0 Å². The molecule has 0 aliphatic carbocycles. The van der Waals surface area contributed by atoms with Crippen molar-refractivity contribution in [2.75, 3.05) is 13.1 Å². The van der Waals surface area contributed by atoms with Crippen LogP contribution in [0.15, 0.2) is 12.7 Å². The largest absolute Gasteiger partial charge is 0.392 e. The summed E-state index contributed by atoms with van der Waals surface area (Å²) in [5.74, 6) is 1.72. The van der Waals surface area contributed by atoms with Gasteiger partial charge in [-0.05, 0) is 39.2 Å². The Morgan fingerprint density at radius 3 is 3.11 bits per heavy atom. The molecule has 1 aromatic rings. The molecule has 1 aliphatic heterocycles. The molecule has 0 radical (unpaired) electrons. The number of aliphatic hydroxyl groups excluding tert-OH is 1. The summed E-state index contributed by atoms with van der Waals surface area (Å²) < 4.78 is 0. The molecule has 0 aromatic carbocycles. The van der Waals surface area contributed by atoms with E-state index in [4.69, 9.17) is 0 Å². The lowest BCUT2D eigenvalue weighted by Crippen LogP contribution is -2.39. The number of likely N-dealkylation sites (tertiary alicyclic amines) is 1. The van der Waals surface area contributed by atoms with Crippen molar-refractivity contribution in [2.24, 2.45) is 0 Å². The molecule has 1 aliphatic rings. The quantitative estimate of drug-likeness (QED) is 0.771. The number of β-amino-alcohol motifs (C(OH)–C–C–N with tert-alkyl or cyclic N) is 1. The van der Waals surface area contributed by atoms with Gasteiger partial charge in [-0.25, -0.2) is 4.98 Å². The number of nitrogens with one attached hydrogen (secondary N) is 1. The minimum absolute atomic E-state index is 0.247. The lowest BCUT2D eigenvalue weighted by molar-refractivity contribution is 0.0603. The number of aryl methyl sites for hydroxylation is 1. The molecule has 1 fully saturated rings. The van der Waals surface area contributed by atoms with Gasteiger partial charge in [0.05, 0.1) is 12.1 Å². The molecule has 106 valence electrons. The number of aliphatic hydroxyl groups is 1. The van der Waals surface area contributed by atoms with Gasteiger partial charge in [-0.1, -0.05) is 12.5 Å². The third-order valence-electron chi connectivity index (χ3n) is 3.68. The summed E-state index contributed by atoms with van der Waals surface area (Å²) in [6.07, 6.45) is 6.67. The monoisotopic (exact) mass is 264 g/mol. The molecule has 1 aromatic heterocycles. The van der Waals surface area contributed by atoms with Crippen LogP contribution in [-0.2, 0) is 0 Å². The van der Waals surface area contributed by atoms with E-state index in [0.717, 1.165) is 37.5 Å². The van der Waals surface area contributed by atoms with Crippen molar-refractivity contribution in [3.05, 3.63) is 24.3 Å². The molecule has 2 rings (SSSR count). The molecular formula is C14H24N4O. The second kappa shape index (κ2) is 6.82. The number of piperidine rings is 1. The molecule has 0 spiro atoms. The van der Waals surface area contributed by atoms with E-state index in [1.54, 1.807) is 0 Å². The molecule has 2 atom stereocenters. The Kier molecular flexibility index (Phi) is 5.10. The average Bonchev–Trinajstić information content (AvgIpc) is 2.83.